The number of ether oxygens (including phenoxy) is 2. The topological polar surface area (TPSA) is 52.6 Å². The van der Waals surface area contributed by atoms with E-state index in [0.29, 0.717) is 0 Å². The first kappa shape index (κ1) is 16.9. The van der Waals surface area contributed by atoms with Gasteiger partial charge in [-0.15, -0.1) is 0 Å². The summed E-state index contributed by atoms with van der Waals surface area (Å²) in [4.78, 5) is 21.0. The van der Waals surface area contributed by atoms with Crippen LogP contribution in [0.1, 0.15) is 13.3 Å². The summed E-state index contributed by atoms with van der Waals surface area (Å²) in [5.74, 6) is -6.96. The van der Waals surface area contributed by atoms with Crippen LogP contribution >= 0.6 is 11.6 Å². The van der Waals surface area contributed by atoms with E-state index in [0.717, 1.165) is 6.47 Å². The second-order valence-electron chi connectivity index (χ2n) is 3.05. The average Bonchev–Trinajstić information content (AvgIpc) is 2.24. The molecule has 10 heteroatoms. The molecule has 0 aliphatic carbocycles. The fourth-order valence-electron chi connectivity index (χ4n) is 0.670. The van der Waals surface area contributed by atoms with E-state index in [1.807, 2.05) is 0 Å². The van der Waals surface area contributed by atoms with E-state index in [1.165, 1.54) is 6.92 Å². The van der Waals surface area contributed by atoms with E-state index in [2.05, 4.69) is 9.47 Å². The number of halogens is 6. The maximum atomic E-state index is 12.4. The lowest BCUT2D eigenvalue weighted by Crippen LogP contribution is -2.44. The maximum Gasteiger partial charge on any atom is 0.456 e. The summed E-state index contributed by atoms with van der Waals surface area (Å²) < 4.78 is 67.7. The second kappa shape index (κ2) is 5.68. The number of carbonyl (C=O) groups excluding carboxylic acids is 2. The lowest BCUT2D eigenvalue weighted by molar-refractivity contribution is -0.294. The largest absolute Gasteiger partial charge is 0.456 e. The van der Waals surface area contributed by atoms with Crippen molar-refractivity contribution in [3.05, 3.63) is 0 Å². The summed E-state index contributed by atoms with van der Waals surface area (Å²) >= 11 is 5.33. The lowest BCUT2D eigenvalue weighted by Gasteiger charge is -2.23. The van der Waals surface area contributed by atoms with E-state index in [-0.39, 0.29) is 0 Å². The van der Waals surface area contributed by atoms with Gasteiger partial charge in [0, 0.05) is 6.42 Å². The Morgan fingerprint density at radius 1 is 1.28 bits per heavy atom. The smallest absolute Gasteiger partial charge is 0.455 e. The zero-order valence-corrected chi connectivity index (χ0v) is 9.57. The predicted molar refractivity (Wildman–Crippen MR) is 47.6 cm³/mol. The highest BCUT2D eigenvalue weighted by atomic mass is 35.5. The van der Waals surface area contributed by atoms with Gasteiger partial charge in [0.2, 0.25) is 0 Å². The van der Waals surface area contributed by atoms with Crippen LogP contribution in [0.2, 0.25) is 0 Å². The van der Waals surface area contributed by atoms with Gasteiger partial charge in [-0.05, 0) is 0 Å². The van der Waals surface area contributed by atoms with Crippen molar-refractivity contribution >= 4 is 24.0 Å². The lowest BCUT2D eigenvalue weighted by atomic mass is 10.2. The highest BCUT2D eigenvalue weighted by Gasteiger charge is 2.59. The summed E-state index contributed by atoms with van der Waals surface area (Å²) in [5.41, 5.74) is 0. The molecular formula is C8H7ClF5O4. The van der Waals surface area contributed by atoms with Gasteiger partial charge < -0.3 is 9.47 Å². The second-order valence-corrected chi connectivity index (χ2v) is 3.66. The molecule has 0 rings (SSSR count). The number of esters is 1. The highest BCUT2D eigenvalue weighted by Crippen LogP contribution is 2.36. The molecule has 0 amide bonds. The fraction of sp³-hybridized carbons (Fsp3) is 0.750. The molecule has 0 bridgehead atoms. The average molecular weight is 298 g/mol. The number of rotatable bonds is 6. The molecule has 105 valence electrons. The Morgan fingerprint density at radius 2 is 1.78 bits per heavy atom. The Balaban J connectivity index is 4.64. The van der Waals surface area contributed by atoms with Crippen LogP contribution in [0.15, 0.2) is 0 Å². The van der Waals surface area contributed by atoms with Crippen LogP contribution in [-0.2, 0) is 19.1 Å². The first-order valence-electron chi connectivity index (χ1n) is 4.36. The highest BCUT2D eigenvalue weighted by molar-refractivity contribution is 6.33. The van der Waals surface area contributed by atoms with Gasteiger partial charge in [0.05, 0.1) is 0 Å². The van der Waals surface area contributed by atoms with Crippen LogP contribution in [0.3, 0.4) is 0 Å². The summed E-state index contributed by atoms with van der Waals surface area (Å²) in [6, 6.07) is 0. The third-order valence-corrected chi connectivity index (χ3v) is 2.26. The number of carbonyl (C=O) groups is 1. The van der Waals surface area contributed by atoms with Gasteiger partial charge >= 0.3 is 24.5 Å². The van der Waals surface area contributed by atoms with Crippen LogP contribution in [-0.4, -0.2) is 36.2 Å². The van der Waals surface area contributed by atoms with Crippen molar-refractivity contribution in [2.45, 2.75) is 30.5 Å². The third kappa shape index (κ3) is 3.97. The minimum absolute atomic E-state index is 0.403. The SMILES string of the molecule is CCC(Cl)(O[C]=O)C(=O)OCC(F)(F)C(F)(F)F. The van der Waals surface area contributed by atoms with Crippen molar-refractivity contribution in [1.82, 2.24) is 0 Å². The zero-order chi connectivity index (χ0) is 14.6. The van der Waals surface area contributed by atoms with Crippen molar-refractivity contribution in [2.75, 3.05) is 6.61 Å². The minimum Gasteiger partial charge on any atom is -0.455 e. The fourth-order valence-corrected chi connectivity index (χ4v) is 0.756. The van der Waals surface area contributed by atoms with Crippen molar-refractivity contribution < 1.29 is 41.0 Å². The van der Waals surface area contributed by atoms with E-state index in [4.69, 9.17) is 11.6 Å². The Labute approximate surface area is 103 Å². The van der Waals surface area contributed by atoms with Crippen LogP contribution in [0.4, 0.5) is 22.0 Å². The maximum absolute atomic E-state index is 12.4. The molecule has 0 aliphatic rings. The van der Waals surface area contributed by atoms with Crippen LogP contribution in [0, 0.1) is 0 Å². The molecule has 0 N–H and O–H groups in total. The molecule has 0 aromatic rings. The first-order valence-corrected chi connectivity index (χ1v) is 4.74. The van der Waals surface area contributed by atoms with Gasteiger partial charge in [0.25, 0.3) is 5.06 Å². The van der Waals surface area contributed by atoms with Gasteiger partial charge in [0.1, 0.15) is 0 Å². The quantitative estimate of drug-likeness (QED) is 0.428. The van der Waals surface area contributed by atoms with Gasteiger partial charge in [-0.25, -0.2) is 9.59 Å². The monoisotopic (exact) mass is 297 g/mol. The summed E-state index contributed by atoms with van der Waals surface area (Å²) in [6.07, 6.45) is -6.27. The molecule has 1 atom stereocenters. The molecule has 0 fully saturated rings. The molecule has 4 nitrogen and oxygen atoms in total. The van der Waals surface area contributed by atoms with Gasteiger partial charge in [-0.2, -0.15) is 22.0 Å². The molecule has 0 aromatic heterocycles. The van der Waals surface area contributed by atoms with Crippen molar-refractivity contribution in [1.29, 1.82) is 0 Å². The number of hydrogen-bond donors (Lipinski definition) is 0. The molecule has 0 saturated heterocycles. The Hall–Kier alpha value is -1.12. The zero-order valence-electron chi connectivity index (χ0n) is 8.81. The van der Waals surface area contributed by atoms with E-state index in [9.17, 15) is 31.5 Å². The molecule has 1 radical (unpaired) electrons. The standard InChI is InChI=1S/C8H7ClF5O4/c1-2-6(9,18-4-15)5(16)17-3-7(10,11)8(12,13)14/h2-3H2,1H3. The first-order chi connectivity index (χ1) is 8.00. The van der Waals surface area contributed by atoms with Crippen molar-refractivity contribution in [3.8, 4) is 0 Å². The summed E-state index contributed by atoms with van der Waals surface area (Å²) in [7, 11) is 0. The Morgan fingerprint density at radius 3 is 2.11 bits per heavy atom. The van der Waals surface area contributed by atoms with E-state index >= 15 is 0 Å². The van der Waals surface area contributed by atoms with Gasteiger partial charge in [-0.3, -0.25) is 0 Å². The number of alkyl halides is 6. The van der Waals surface area contributed by atoms with Crippen molar-refractivity contribution in [3.63, 3.8) is 0 Å². The molecule has 0 spiro atoms. The molecule has 1 unspecified atom stereocenters. The van der Waals surface area contributed by atoms with Crippen molar-refractivity contribution in [2.24, 2.45) is 0 Å². The molecule has 0 heterocycles. The molecule has 0 aromatic carbocycles. The third-order valence-electron chi connectivity index (χ3n) is 1.76. The molecular weight excluding hydrogens is 291 g/mol. The minimum atomic E-state index is -5.87. The Bertz CT molecular complexity index is 319. The summed E-state index contributed by atoms with van der Waals surface area (Å²) in [5, 5.41) is -2.47. The van der Waals surface area contributed by atoms with Gasteiger partial charge in [0.15, 0.2) is 6.61 Å². The normalized spacial score (nSPS) is 15.7. The predicted octanol–water partition coefficient (Wildman–Crippen LogP) is 2.16. The van der Waals surface area contributed by atoms with Crippen LogP contribution in [0.5, 0.6) is 0 Å². The van der Waals surface area contributed by atoms with E-state index < -0.39 is 36.2 Å². The van der Waals surface area contributed by atoms with E-state index in [1.54, 1.807) is 0 Å². The summed E-state index contributed by atoms with van der Waals surface area (Å²) in [6.45, 7) is -0.267. The van der Waals surface area contributed by atoms with Gasteiger partial charge in [-0.1, -0.05) is 18.5 Å². The Kier molecular flexibility index (Phi) is 5.33. The number of hydrogen-bond acceptors (Lipinski definition) is 4. The van der Waals surface area contributed by atoms with Crippen LogP contribution in [0.25, 0.3) is 0 Å². The van der Waals surface area contributed by atoms with Crippen LogP contribution < -0.4 is 0 Å². The molecule has 0 aliphatic heterocycles. The molecule has 18 heavy (non-hydrogen) atoms. The molecule has 0 saturated carbocycles.